The van der Waals surface area contributed by atoms with E-state index >= 15 is 0 Å². The average Bonchev–Trinajstić information content (AvgIpc) is 3.53. The lowest BCUT2D eigenvalue weighted by atomic mass is 9.75. The van der Waals surface area contributed by atoms with Gasteiger partial charge in [0.15, 0.2) is 0 Å². The molecule has 6 nitrogen and oxygen atoms in total. The number of amides is 2. The second kappa shape index (κ2) is 8.50. The number of allylic oxidation sites excluding steroid dienone is 1. The van der Waals surface area contributed by atoms with Crippen LogP contribution in [0.2, 0.25) is 0 Å². The van der Waals surface area contributed by atoms with Crippen LogP contribution >= 0.6 is 0 Å². The molecule has 2 saturated carbocycles. The Morgan fingerprint density at radius 1 is 1.03 bits per heavy atom. The van der Waals surface area contributed by atoms with Gasteiger partial charge >= 0.3 is 5.97 Å². The second-order valence-electron chi connectivity index (χ2n) is 9.64. The van der Waals surface area contributed by atoms with Gasteiger partial charge in [0.25, 0.3) is 0 Å². The zero-order valence-corrected chi connectivity index (χ0v) is 18.6. The summed E-state index contributed by atoms with van der Waals surface area (Å²) in [6, 6.07) is 15.1. The molecule has 2 amide bonds. The summed E-state index contributed by atoms with van der Waals surface area (Å²) in [5.74, 6) is 0.159. The van der Waals surface area contributed by atoms with Gasteiger partial charge in [-0.25, -0.2) is 0 Å². The number of esters is 1. The summed E-state index contributed by atoms with van der Waals surface area (Å²) in [5.41, 5.74) is 3.95. The molecule has 2 atom stereocenters. The molecule has 5 rings (SSSR count). The fourth-order valence-corrected chi connectivity index (χ4v) is 5.07. The van der Waals surface area contributed by atoms with Crippen molar-refractivity contribution in [2.45, 2.75) is 38.5 Å². The molecule has 0 spiro atoms. The van der Waals surface area contributed by atoms with E-state index in [1.165, 1.54) is 0 Å². The topological polar surface area (TPSA) is 84.5 Å². The Morgan fingerprint density at radius 3 is 2.58 bits per heavy atom. The van der Waals surface area contributed by atoms with Crippen LogP contribution in [0.3, 0.4) is 0 Å². The van der Waals surface area contributed by atoms with E-state index in [-0.39, 0.29) is 36.0 Å². The molecular formula is C27H28N2O4. The molecule has 3 aliphatic rings. The van der Waals surface area contributed by atoms with Crippen molar-refractivity contribution in [3.63, 3.8) is 0 Å². The smallest absolute Gasteiger partial charge is 0.313 e. The van der Waals surface area contributed by atoms with Crippen LogP contribution in [0.5, 0.6) is 0 Å². The van der Waals surface area contributed by atoms with Crippen LogP contribution in [0.15, 0.2) is 60.7 Å². The van der Waals surface area contributed by atoms with Crippen LogP contribution < -0.4 is 10.6 Å². The van der Waals surface area contributed by atoms with Crippen molar-refractivity contribution in [2.24, 2.45) is 17.3 Å². The number of anilines is 2. The third-order valence-electron chi connectivity index (χ3n) is 6.97. The first-order valence-electron chi connectivity index (χ1n) is 11.5. The summed E-state index contributed by atoms with van der Waals surface area (Å²) in [7, 11) is 0. The summed E-state index contributed by atoms with van der Waals surface area (Å²) in [4.78, 5) is 37.0. The number of benzene rings is 2. The molecule has 1 aliphatic heterocycles. The predicted octanol–water partition coefficient (Wildman–Crippen LogP) is 4.27. The van der Waals surface area contributed by atoms with Gasteiger partial charge in [0, 0.05) is 23.2 Å². The van der Waals surface area contributed by atoms with E-state index < -0.39 is 5.41 Å². The maximum absolute atomic E-state index is 12.6. The molecule has 2 aromatic carbocycles. The van der Waals surface area contributed by atoms with Crippen LogP contribution in [0.25, 0.3) is 0 Å². The highest BCUT2D eigenvalue weighted by molar-refractivity contribution is 5.95. The van der Waals surface area contributed by atoms with E-state index in [1.54, 1.807) is 0 Å². The third kappa shape index (κ3) is 4.56. The lowest BCUT2D eigenvalue weighted by Gasteiger charge is -2.24. The standard InChI is InChI=1S/C27H28N2O4/c1-17-11-21-16-33-26(32)27(21,14-17)15-18-5-9-22(10-6-18)28-24(30)13-19-3-2-4-23(12-19)29-25(31)20-7-8-20/h2-6,9-10,12,20-21H,1,7-8,11,13-16H2,(H,28,30)(H,29,31). The molecule has 1 heterocycles. The molecular weight excluding hydrogens is 416 g/mol. The number of hydrogen-bond donors (Lipinski definition) is 2. The Balaban J connectivity index is 1.18. The number of fused-ring (bicyclic) bond motifs is 1. The van der Waals surface area contributed by atoms with E-state index in [4.69, 9.17) is 4.74 Å². The summed E-state index contributed by atoms with van der Waals surface area (Å²) in [6.45, 7) is 4.58. The minimum absolute atomic E-state index is 0.0512. The normalized spacial score (nSPS) is 23.7. The van der Waals surface area contributed by atoms with Crippen molar-refractivity contribution in [1.82, 2.24) is 0 Å². The first kappa shape index (κ1) is 21.4. The quantitative estimate of drug-likeness (QED) is 0.493. The summed E-state index contributed by atoms with van der Waals surface area (Å²) >= 11 is 0. The largest absolute Gasteiger partial charge is 0.465 e. The lowest BCUT2D eigenvalue weighted by Crippen LogP contribution is -2.31. The molecule has 0 radical (unpaired) electrons. The van der Waals surface area contributed by atoms with E-state index in [0.717, 1.165) is 41.6 Å². The maximum Gasteiger partial charge on any atom is 0.313 e. The number of ether oxygens (including phenoxy) is 1. The van der Waals surface area contributed by atoms with Gasteiger partial charge in [-0.15, -0.1) is 0 Å². The first-order valence-corrected chi connectivity index (χ1v) is 11.5. The average molecular weight is 445 g/mol. The van der Waals surface area contributed by atoms with Crippen molar-refractivity contribution < 1.29 is 19.1 Å². The van der Waals surface area contributed by atoms with Gasteiger partial charge < -0.3 is 15.4 Å². The van der Waals surface area contributed by atoms with Gasteiger partial charge in [-0.3, -0.25) is 14.4 Å². The van der Waals surface area contributed by atoms with Crippen LogP contribution in [-0.4, -0.2) is 24.4 Å². The third-order valence-corrected chi connectivity index (χ3v) is 6.97. The van der Waals surface area contributed by atoms with Crippen LogP contribution in [0.4, 0.5) is 11.4 Å². The van der Waals surface area contributed by atoms with Gasteiger partial charge in [-0.1, -0.05) is 36.4 Å². The molecule has 2 unspecified atom stereocenters. The van der Waals surface area contributed by atoms with E-state index in [2.05, 4.69) is 17.2 Å². The van der Waals surface area contributed by atoms with Gasteiger partial charge in [0.2, 0.25) is 11.8 Å². The number of cyclic esters (lactones) is 1. The van der Waals surface area contributed by atoms with Crippen molar-refractivity contribution >= 4 is 29.2 Å². The Hall–Kier alpha value is -3.41. The molecule has 2 N–H and O–H groups in total. The van der Waals surface area contributed by atoms with E-state index in [1.807, 2.05) is 48.5 Å². The van der Waals surface area contributed by atoms with Crippen molar-refractivity contribution in [1.29, 1.82) is 0 Å². The molecule has 3 fully saturated rings. The van der Waals surface area contributed by atoms with Gasteiger partial charge in [0.05, 0.1) is 18.4 Å². The maximum atomic E-state index is 12.6. The number of carbonyl (C=O) groups excluding carboxylic acids is 3. The Morgan fingerprint density at radius 2 is 1.82 bits per heavy atom. The highest BCUT2D eigenvalue weighted by Gasteiger charge is 2.55. The second-order valence-corrected chi connectivity index (χ2v) is 9.64. The number of carbonyl (C=O) groups is 3. The van der Waals surface area contributed by atoms with Crippen LogP contribution in [-0.2, 0) is 32.0 Å². The first-order chi connectivity index (χ1) is 15.9. The zero-order chi connectivity index (χ0) is 23.0. The molecule has 0 aromatic heterocycles. The Kier molecular flexibility index (Phi) is 5.52. The van der Waals surface area contributed by atoms with Crippen molar-refractivity contribution in [3.8, 4) is 0 Å². The van der Waals surface area contributed by atoms with Gasteiger partial charge in [0.1, 0.15) is 0 Å². The van der Waals surface area contributed by atoms with Crippen molar-refractivity contribution in [3.05, 3.63) is 71.8 Å². The SMILES string of the molecule is C=C1CC2COC(=O)C2(Cc2ccc(NC(=O)Cc3cccc(NC(=O)C4CC4)c3)cc2)C1. The molecule has 2 aliphatic carbocycles. The highest BCUT2D eigenvalue weighted by Crippen LogP contribution is 2.52. The number of nitrogens with one attached hydrogen (secondary N) is 2. The molecule has 1 saturated heterocycles. The fourth-order valence-electron chi connectivity index (χ4n) is 5.07. The summed E-state index contributed by atoms with van der Waals surface area (Å²) < 4.78 is 5.36. The predicted molar refractivity (Wildman–Crippen MR) is 126 cm³/mol. The number of rotatable bonds is 7. The molecule has 170 valence electrons. The van der Waals surface area contributed by atoms with Gasteiger partial charge in [-0.2, -0.15) is 0 Å². The fraction of sp³-hybridized carbons (Fsp3) is 0.370. The van der Waals surface area contributed by atoms with Gasteiger partial charge in [-0.05, 0) is 67.5 Å². The Bertz CT molecular complexity index is 1120. The summed E-state index contributed by atoms with van der Waals surface area (Å²) in [6.07, 6.45) is 4.29. The zero-order valence-electron chi connectivity index (χ0n) is 18.6. The minimum Gasteiger partial charge on any atom is -0.465 e. The van der Waals surface area contributed by atoms with Crippen LogP contribution in [0.1, 0.15) is 36.8 Å². The minimum atomic E-state index is -0.484. The highest BCUT2D eigenvalue weighted by atomic mass is 16.5. The van der Waals surface area contributed by atoms with E-state index in [9.17, 15) is 14.4 Å². The molecule has 33 heavy (non-hydrogen) atoms. The molecule has 2 aromatic rings. The summed E-state index contributed by atoms with van der Waals surface area (Å²) in [5, 5.41) is 5.84. The van der Waals surface area contributed by atoms with E-state index in [0.29, 0.717) is 25.1 Å². The Labute approximate surface area is 193 Å². The monoisotopic (exact) mass is 444 g/mol. The molecule has 0 bridgehead atoms. The molecule has 6 heteroatoms. The lowest BCUT2D eigenvalue weighted by molar-refractivity contribution is -0.146. The van der Waals surface area contributed by atoms with Crippen LogP contribution in [0, 0.1) is 17.3 Å². The van der Waals surface area contributed by atoms with Crippen molar-refractivity contribution in [2.75, 3.05) is 17.2 Å². The number of hydrogen-bond acceptors (Lipinski definition) is 4.